The molecular weight excluding hydrogens is 211 g/mol. The van der Waals surface area contributed by atoms with Crippen LogP contribution in [0.5, 0.6) is 5.75 Å². The second kappa shape index (κ2) is 6.10. The summed E-state index contributed by atoms with van der Waals surface area (Å²) < 4.78 is 23.2. The fraction of sp³-hybridized carbons (Fsp3) is 0.417. The molecule has 0 heterocycles. The molecule has 0 unspecified atom stereocenters. The molecule has 1 rings (SSSR count). The lowest BCUT2D eigenvalue weighted by Gasteiger charge is -2.09. The summed E-state index contributed by atoms with van der Waals surface area (Å²) in [5, 5.41) is 0. The van der Waals surface area contributed by atoms with Crippen LogP contribution in [-0.2, 0) is 4.74 Å². The van der Waals surface area contributed by atoms with Crippen LogP contribution >= 0.6 is 0 Å². The number of halogens is 1. The molecule has 3 nitrogen and oxygen atoms in total. The van der Waals surface area contributed by atoms with Gasteiger partial charge in [0.2, 0.25) is 0 Å². The van der Waals surface area contributed by atoms with Gasteiger partial charge in [0.15, 0.2) is 0 Å². The molecule has 1 aromatic rings. The van der Waals surface area contributed by atoms with Crippen LogP contribution in [0.4, 0.5) is 4.39 Å². The minimum Gasteiger partial charge on any atom is -0.493 e. The van der Waals surface area contributed by atoms with Crippen LogP contribution in [0.3, 0.4) is 0 Å². The van der Waals surface area contributed by atoms with Gasteiger partial charge in [-0.15, -0.1) is 0 Å². The van der Waals surface area contributed by atoms with E-state index in [1.807, 2.05) is 6.92 Å². The number of hydrogen-bond donors (Lipinski definition) is 0. The zero-order valence-electron chi connectivity index (χ0n) is 9.46. The highest BCUT2D eigenvalue weighted by Crippen LogP contribution is 2.20. The van der Waals surface area contributed by atoms with Gasteiger partial charge in [0.05, 0.1) is 13.2 Å². The Bertz CT molecular complexity index is 363. The van der Waals surface area contributed by atoms with E-state index in [9.17, 15) is 9.18 Å². The minimum absolute atomic E-state index is 0.135. The van der Waals surface area contributed by atoms with E-state index in [1.165, 1.54) is 12.1 Å². The van der Waals surface area contributed by atoms with Gasteiger partial charge in [0.25, 0.3) is 0 Å². The molecule has 0 amide bonds. The highest BCUT2D eigenvalue weighted by atomic mass is 19.1. The Morgan fingerprint density at radius 3 is 2.75 bits per heavy atom. The molecule has 0 saturated carbocycles. The third-order valence-electron chi connectivity index (χ3n) is 1.90. The third kappa shape index (κ3) is 3.22. The van der Waals surface area contributed by atoms with Crippen molar-refractivity contribution in [3.63, 3.8) is 0 Å². The number of carbonyl (C=O) groups is 1. The van der Waals surface area contributed by atoms with Crippen molar-refractivity contribution < 1.29 is 18.7 Å². The average molecular weight is 226 g/mol. The molecule has 0 aliphatic carbocycles. The Morgan fingerprint density at radius 2 is 2.12 bits per heavy atom. The quantitative estimate of drug-likeness (QED) is 0.724. The van der Waals surface area contributed by atoms with E-state index >= 15 is 0 Å². The van der Waals surface area contributed by atoms with Gasteiger partial charge < -0.3 is 9.47 Å². The van der Waals surface area contributed by atoms with E-state index in [4.69, 9.17) is 9.47 Å². The Balaban J connectivity index is 2.93. The van der Waals surface area contributed by atoms with E-state index in [-0.39, 0.29) is 12.2 Å². The van der Waals surface area contributed by atoms with Gasteiger partial charge in [-0.25, -0.2) is 9.18 Å². The first kappa shape index (κ1) is 12.5. The molecule has 0 N–H and O–H groups in total. The molecule has 0 aromatic heterocycles. The van der Waals surface area contributed by atoms with Crippen molar-refractivity contribution in [1.82, 2.24) is 0 Å². The lowest BCUT2D eigenvalue weighted by molar-refractivity contribution is 0.0521. The van der Waals surface area contributed by atoms with Gasteiger partial charge in [-0.2, -0.15) is 0 Å². The maximum absolute atomic E-state index is 13.0. The number of benzene rings is 1. The van der Waals surface area contributed by atoms with Crippen LogP contribution in [-0.4, -0.2) is 19.2 Å². The van der Waals surface area contributed by atoms with Gasteiger partial charge in [-0.1, -0.05) is 6.92 Å². The minimum atomic E-state index is -0.562. The predicted octanol–water partition coefficient (Wildman–Crippen LogP) is 2.79. The summed E-state index contributed by atoms with van der Waals surface area (Å²) in [4.78, 5) is 11.5. The average Bonchev–Trinajstić information content (AvgIpc) is 2.27. The molecule has 0 atom stereocenters. The molecule has 0 bridgehead atoms. The standard InChI is InChI=1S/C12H15FO3/c1-3-7-16-11-6-5-9(13)8-10(11)12(14)15-4-2/h5-6,8H,3-4,7H2,1-2H3. The topological polar surface area (TPSA) is 35.5 Å². The van der Waals surface area contributed by atoms with Crippen molar-refractivity contribution >= 4 is 5.97 Å². The maximum Gasteiger partial charge on any atom is 0.342 e. The highest BCUT2D eigenvalue weighted by molar-refractivity contribution is 5.92. The van der Waals surface area contributed by atoms with Crippen LogP contribution in [0.15, 0.2) is 18.2 Å². The Morgan fingerprint density at radius 1 is 1.38 bits per heavy atom. The van der Waals surface area contributed by atoms with Crippen LogP contribution in [0.1, 0.15) is 30.6 Å². The zero-order valence-corrected chi connectivity index (χ0v) is 9.46. The number of hydrogen-bond acceptors (Lipinski definition) is 3. The van der Waals surface area contributed by atoms with E-state index < -0.39 is 11.8 Å². The molecule has 0 aliphatic rings. The molecule has 16 heavy (non-hydrogen) atoms. The van der Waals surface area contributed by atoms with Crippen LogP contribution < -0.4 is 4.74 Å². The zero-order chi connectivity index (χ0) is 12.0. The highest BCUT2D eigenvalue weighted by Gasteiger charge is 2.14. The molecule has 0 fully saturated rings. The second-order valence-electron chi connectivity index (χ2n) is 3.21. The summed E-state index contributed by atoms with van der Waals surface area (Å²) in [6.07, 6.45) is 0.819. The summed E-state index contributed by atoms with van der Waals surface area (Å²) in [6.45, 7) is 4.39. The Kier molecular flexibility index (Phi) is 4.76. The third-order valence-corrected chi connectivity index (χ3v) is 1.90. The lowest BCUT2D eigenvalue weighted by Crippen LogP contribution is -2.08. The first-order valence-electron chi connectivity index (χ1n) is 5.28. The van der Waals surface area contributed by atoms with Gasteiger partial charge in [0, 0.05) is 0 Å². The Hall–Kier alpha value is -1.58. The van der Waals surface area contributed by atoms with Crippen molar-refractivity contribution in [2.24, 2.45) is 0 Å². The fourth-order valence-electron chi connectivity index (χ4n) is 1.21. The summed E-state index contributed by atoms with van der Waals surface area (Å²) in [7, 11) is 0. The van der Waals surface area contributed by atoms with Gasteiger partial charge >= 0.3 is 5.97 Å². The molecular formula is C12H15FO3. The monoisotopic (exact) mass is 226 g/mol. The van der Waals surface area contributed by atoms with Gasteiger partial charge in [-0.3, -0.25) is 0 Å². The van der Waals surface area contributed by atoms with Crippen molar-refractivity contribution in [2.45, 2.75) is 20.3 Å². The number of rotatable bonds is 5. The number of ether oxygens (including phenoxy) is 2. The fourth-order valence-corrected chi connectivity index (χ4v) is 1.21. The Labute approximate surface area is 94.2 Å². The second-order valence-corrected chi connectivity index (χ2v) is 3.21. The van der Waals surface area contributed by atoms with Crippen LogP contribution in [0.2, 0.25) is 0 Å². The molecule has 1 aromatic carbocycles. The summed E-state index contributed by atoms with van der Waals surface area (Å²) in [6, 6.07) is 3.83. The molecule has 0 aliphatic heterocycles. The van der Waals surface area contributed by atoms with Crippen molar-refractivity contribution in [3.05, 3.63) is 29.6 Å². The van der Waals surface area contributed by atoms with Gasteiger partial charge in [0.1, 0.15) is 17.1 Å². The lowest BCUT2D eigenvalue weighted by atomic mass is 10.2. The predicted molar refractivity (Wildman–Crippen MR) is 58.1 cm³/mol. The van der Waals surface area contributed by atoms with Gasteiger partial charge in [-0.05, 0) is 31.5 Å². The molecule has 0 saturated heterocycles. The van der Waals surface area contributed by atoms with Crippen LogP contribution in [0, 0.1) is 5.82 Å². The van der Waals surface area contributed by atoms with Crippen molar-refractivity contribution in [2.75, 3.05) is 13.2 Å². The summed E-state index contributed by atoms with van der Waals surface area (Å²) in [5.41, 5.74) is 0.135. The van der Waals surface area contributed by atoms with Crippen molar-refractivity contribution in [3.8, 4) is 5.75 Å². The largest absolute Gasteiger partial charge is 0.493 e. The van der Waals surface area contributed by atoms with Crippen LogP contribution in [0.25, 0.3) is 0 Å². The SMILES string of the molecule is CCCOc1ccc(F)cc1C(=O)OCC. The summed E-state index contributed by atoms with van der Waals surface area (Å²) >= 11 is 0. The normalized spacial score (nSPS) is 9.94. The smallest absolute Gasteiger partial charge is 0.342 e. The maximum atomic E-state index is 13.0. The summed E-state index contributed by atoms with van der Waals surface area (Å²) in [5.74, 6) is -0.679. The van der Waals surface area contributed by atoms with Crippen molar-refractivity contribution in [1.29, 1.82) is 0 Å². The van der Waals surface area contributed by atoms with E-state index in [0.29, 0.717) is 12.4 Å². The molecule has 0 radical (unpaired) electrons. The first-order valence-corrected chi connectivity index (χ1v) is 5.28. The van der Waals surface area contributed by atoms with E-state index in [0.717, 1.165) is 12.5 Å². The molecule has 88 valence electrons. The first-order chi connectivity index (χ1) is 7.69. The molecule has 0 spiro atoms. The number of esters is 1. The van der Waals surface area contributed by atoms with E-state index in [2.05, 4.69) is 0 Å². The van der Waals surface area contributed by atoms with E-state index in [1.54, 1.807) is 6.92 Å². The molecule has 4 heteroatoms. The number of carbonyl (C=O) groups excluding carboxylic acids is 1.